The van der Waals surface area contributed by atoms with Crippen LogP contribution in [-0.4, -0.2) is 41.7 Å². The minimum atomic E-state index is -0.564. The molecule has 0 heterocycles. The van der Waals surface area contributed by atoms with E-state index >= 15 is 0 Å². The Labute approximate surface area is 115 Å². The Hall–Kier alpha value is -1.55. The molecule has 0 saturated carbocycles. The number of benzene rings is 1. The Morgan fingerprint density at radius 1 is 1.42 bits per heavy atom. The normalized spacial score (nSPS) is 11.3. The number of hydrogen-bond donors (Lipinski definition) is 2. The number of likely N-dealkylation sites (N-methyl/N-ethyl adjacent to an activating group) is 1. The third kappa shape index (κ3) is 3.47. The summed E-state index contributed by atoms with van der Waals surface area (Å²) in [5.74, 6) is -0.0785. The number of aryl methyl sites for hydroxylation is 1. The van der Waals surface area contributed by atoms with Crippen molar-refractivity contribution in [3.8, 4) is 0 Å². The number of nitrogens with zero attached hydrogens (tertiary/aromatic N) is 1. The van der Waals surface area contributed by atoms with Crippen molar-refractivity contribution in [1.29, 1.82) is 0 Å². The molecular weight excluding hydrogens is 240 g/mol. The van der Waals surface area contributed by atoms with Crippen molar-refractivity contribution in [2.45, 2.75) is 33.2 Å². The first kappa shape index (κ1) is 15.5. The van der Waals surface area contributed by atoms with E-state index in [4.69, 9.17) is 0 Å². The van der Waals surface area contributed by atoms with Crippen LogP contribution in [0.5, 0.6) is 0 Å². The van der Waals surface area contributed by atoms with Gasteiger partial charge in [0, 0.05) is 24.8 Å². The fraction of sp³-hybridized carbons (Fsp3) is 0.533. The molecule has 0 atom stereocenters. The van der Waals surface area contributed by atoms with Gasteiger partial charge in [-0.2, -0.15) is 0 Å². The molecule has 1 aromatic carbocycles. The molecule has 1 rings (SSSR count). The number of aliphatic hydroxyl groups excluding tert-OH is 1. The minimum Gasteiger partial charge on any atom is -0.394 e. The molecule has 0 radical (unpaired) electrons. The van der Waals surface area contributed by atoms with Gasteiger partial charge >= 0.3 is 0 Å². The van der Waals surface area contributed by atoms with Gasteiger partial charge in [-0.1, -0.05) is 0 Å². The number of hydrogen-bond acceptors (Lipinski definition) is 3. The van der Waals surface area contributed by atoms with Gasteiger partial charge < -0.3 is 15.3 Å². The second-order valence-electron chi connectivity index (χ2n) is 5.39. The van der Waals surface area contributed by atoms with Crippen molar-refractivity contribution in [3.05, 3.63) is 29.3 Å². The predicted octanol–water partition coefficient (Wildman–Crippen LogP) is 2.27. The summed E-state index contributed by atoms with van der Waals surface area (Å²) in [4.78, 5) is 13.9. The first-order valence-electron chi connectivity index (χ1n) is 6.57. The largest absolute Gasteiger partial charge is 0.394 e. The lowest BCUT2D eigenvalue weighted by Crippen LogP contribution is -2.47. The number of carbonyl (C=O) groups is 1. The van der Waals surface area contributed by atoms with E-state index < -0.39 is 5.54 Å². The molecule has 19 heavy (non-hydrogen) atoms. The molecule has 106 valence electrons. The van der Waals surface area contributed by atoms with E-state index in [1.807, 2.05) is 45.9 Å². The summed E-state index contributed by atoms with van der Waals surface area (Å²) in [6.07, 6.45) is 0. The van der Waals surface area contributed by atoms with E-state index in [0.717, 1.165) is 17.8 Å². The summed E-state index contributed by atoms with van der Waals surface area (Å²) < 4.78 is 0. The standard InChI is InChI=1S/C15H24N2O2/c1-6-16-13-8-7-12(9-11(13)2)14(19)17(5)15(3,4)10-18/h7-9,16,18H,6,10H2,1-5H3. The molecule has 4 heteroatoms. The van der Waals surface area contributed by atoms with Gasteiger partial charge in [-0.25, -0.2) is 0 Å². The van der Waals surface area contributed by atoms with E-state index in [0.29, 0.717) is 5.56 Å². The smallest absolute Gasteiger partial charge is 0.254 e. The van der Waals surface area contributed by atoms with Gasteiger partial charge in [0.15, 0.2) is 0 Å². The van der Waals surface area contributed by atoms with E-state index in [9.17, 15) is 9.90 Å². The van der Waals surface area contributed by atoms with Crippen LogP contribution in [0.25, 0.3) is 0 Å². The van der Waals surface area contributed by atoms with Crippen LogP contribution in [0.15, 0.2) is 18.2 Å². The van der Waals surface area contributed by atoms with Gasteiger partial charge in [0.25, 0.3) is 5.91 Å². The van der Waals surface area contributed by atoms with E-state index in [2.05, 4.69) is 5.32 Å². The Kier molecular flexibility index (Phi) is 4.95. The number of anilines is 1. The third-order valence-corrected chi connectivity index (χ3v) is 3.44. The van der Waals surface area contributed by atoms with Crippen molar-refractivity contribution >= 4 is 11.6 Å². The van der Waals surface area contributed by atoms with E-state index in [1.54, 1.807) is 11.9 Å². The minimum absolute atomic E-state index is 0.0658. The van der Waals surface area contributed by atoms with Crippen molar-refractivity contribution in [3.63, 3.8) is 0 Å². The topological polar surface area (TPSA) is 52.6 Å². The number of rotatable bonds is 5. The maximum absolute atomic E-state index is 12.4. The zero-order valence-electron chi connectivity index (χ0n) is 12.4. The van der Waals surface area contributed by atoms with Crippen LogP contribution in [0.3, 0.4) is 0 Å². The lowest BCUT2D eigenvalue weighted by molar-refractivity contribution is 0.0473. The highest BCUT2D eigenvalue weighted by molar-refractivity contribution is 5.95. The Bertz CT molecular complexity index is 455. The number of amides is 1. The molecule has 0 aliphatic carbocycles. The summed E-state index contributed by atoms with van der Waals surface area (Å²) in [7, 11) is 1.71. The lowest BCUT2D eigenvalue weighted by Gasteiger charge is -2.34. The predicted molar refractivity (Wildman–Crippen MR) is 78.6 cm³/mol. The van der Waals surface area contributed by atoms with Gasteiger partial charge in [-0.15, -0.1) is 0 Å². The van der Waals surface area contributed by atoms with Crippen LogP contribution >= 0.6 is 0 Å². The molecule has 2 N–H and O–H groups in total. The second kappa shape index (κ2) is 6.06. The molecular formula is C15H24N2O2. The Morgan fingerprint density at radius 3 is 2.53 bits per heavy atom. The molecule has 0 aliphatic rings. The SMILES string of the molecule is CCNc1ccc(C(=O)N(C)C(C)(C)CO)cc1C. The summed E-state index contributed by atoms with van der Waals surface area (Å²) in [5.41, 5.74) is 2.17. The van der Waals surface area contributed by atoms with Crippen molar-refractivity contribution in [2.75, 3.05) is 25.5 Å². The first-order chi connectivity index (χ1) is 8.83. The van der Waals surface area contributed by atoms with Gasteiger partial charge in [-0.05, 0) is 51.5 Å². The average molecular weight is 264 g/mol. The highest BCUT2D eigenvalue weighted by Crippen LogP contribution is 2.20. The van der Waals surface area contributed by atoms with Crippen LogP contribution in [-0.2, 0) is 0 Å². The summed E-state index contributed by atoms with van der Waals surface area (Å²) in [6, 6.07) is 5.62. The highest BCUT2D eigenvalue weighted by Gasteiger charge is 2.27. The van der Waals surface area contributed by atoms with Crippen LogP contribution in [0, 0.1) is 6.92 Å². The average Bonchev–Trinajstić information content (AvgIpc) is 2.39. The second-order valence-corrected chi connectivity index (χ2v) is 5.39. The lowest BCUT2D eigenvalue weighted by atomic mass is 10.0. The quantitative estimate of drug-likeness (QED) is 0.858. The molecule has 1 aromatic rings. The summed E-state index contributed by atoms with van der Waals surface area (Å²) >= 11 is 0. The monoisotopic (exact) mass is 264 g/mol. The van der Waals surface area contributed by atoms with Crippen LogP contribution in [0.4, 0.5) is 5.69 Å². The van der Waals surface area contributed by atoms with Gasteiger partial charge in [-0.3, -0.25) is 4.79 Å². The summed E-state index contributed by atoms with van der Waals surface area (Å²) in [6.45, 7) is 8.48. The molecule has 1 amide bonds. The number of aliphatic hydroxyl groups is 1. The highest BCUT2D eigenvalue weighted by atomic mass is 16.3. The van der Waals surface area contributed by atoms with Crippen LogP contribution in [0.1, 0.15) is 36.7 Å². The molecule has 0 aliphatic heterocycles. The number of nitrogens with one attached hydrogen (secondary N) is 1. The van der Waals surface area contributed by atoms with Gasteiger partial charge in [0.1, 0.15) is 0 Å². The van der Waals surface area contributed by atoms with Crippen LogP contribution in [0.2, 0.25) is 0 Å². The molecule has 0 saturated heterocycles. The maximum atomic E-state index is 12.4. The van der Waals surface area contributed by atoms with Crippen molar-refractivity contribution in [2.24, 2.45) is 0 Å². The fourth-order valence-electron chi connectivity index (χ4n) is 1.76. The molecule has 0 aromatic heterocycles. The van der Waals surface area contributed by atoms with Crippen molar-refractivity contribution in [1.82, 2.24) is 4.90 Å². The molecule has 0 bridgehead atoms. The maximum Gasteiger partial charge on any atom is 0.254 e. The van der Waals surface area contributed by atoms with Gasteiger partial charge in [0.2, 0.25) is 0 Å². The molecule has 0 unspecified atom stereocenters. The van der Waals surface area contributed by atoms with Gasteiger partial charge in [0.05, 0.1) is 12.1 Å². The van der Waals surface area contributed by atoms with Crippen molar-refractivity contribution < 1.29 is 9.90 Å². The molecule has 0 fully saturated rings. The molecule has 0 spiro atoms. The molecule has 4 nitrogen and oxygen atoms in total. The zero-order chi connectivity index (χ0) is 14.6. The van der Waals surface area contributed by atoms with Crippen LogP contribution < -0.4 is 5.32 Å². The number of carbonyl (C=O) groups excluding carboxylic acids is 1. The Morgan fingerprint density at radius 2 is 2.05 bits per heavy atom. The fourth-order valence-corrected chi connectivity index (χ4v) is 1.76. The zero-order valence-corrected chi connectivity index (χ0v) is 12.4. The first-order valence-corrected chi connectivity index (χ1v) is 6.57. The van der Waals surface area contributed by atoms with E-state index in [1.165, 1.54) is 0 Å². The van der Waals surface area contributed by atoms with E-state index in [-0.39, 0.29) is 12.5 Å². The Balaban J connectivity index is 2.98. The summed E-state index contributed by atoms with van der Waals surface area (Å²) in [5, 5.41) is 12.6. The third-order valence-electron chi connectivity index (χ3n) is 3.44.